The first-order valence-corrected chi connectivity index (χ1v) is 12.3. The van der Waals surface area contributed by atoms with Crippen molar-refractivity contribution in [3.05, 3.63) is 95.3 Å². The van der Waals surface area contributed by atoms with Crippen LogP contribution < -0.4 is 10.1 Å². The van der Waals surface area contributed by atoms with Crippen molar-refractivity contribution in [3.8, 4) is 17.6 Å². The lowest BCUT2D eigenvalue weighted by molar-refractivity contribution is 0.242. The summed E-state index contributed by atoms with van der Waals surface area (Å²) in [6, 6.07) is 21.1. The molecule has 2 N–H and O–H groups in total. The van der Waals surface area contributed by atoms with E-state index in [2.05, 4.69) is 69.5 Å². The molecule has 184 valence electrons. The lowest BCUT2D eigenvalue weighted by atomic mass is 9.94. The zero-order valence-electron chi connectivity index (χ0n) is 20.9. The van der Waals surface area contributed by atoms with Gasteiger partial charge in [0.25, 0.3) is 0 Å². The molecule has 0 saturated carbocycles. The number of nitrogens with one attached hydrogen (secondary N) is 1. The van der Waals surface area contributed by atoms with Crippen molar-refractivity contribution < 1.29 is 9.84 Å². The van der Waals surface area contributed by atoms with Crippen molar-refractivity contribution >= 4 is 0 Å². The zero-order valence-corrected chi connectivity index (χ0v) is 20.9. The molecule has 0 bridgehead atoms. The third-order valence-corrected chi connectivity index (χ3v) is 6.20. The predicted molar refractivity (Wildman–Crippen MR) is 143 cm³/mol. The predicted octanol–water partition coefficient (Wildman–Crippen LogP) is 4.46. The average Bonchev–Trinajstić information content (AvgIpc) is 2.93. The summed E-state index contributed by atoms with van der Waals surface area (Å²) in [6.07, 6.45) is 7.14. The van der Waals surface area contributed by atoms with Gasteiger partial charge in [-0.1, -0.05) is 36.1 Å². The van der Waals surface area contributed by atoms with Crippen LogP contribution in [0.15, 0.2) is 73.1 Å². The van der Waals surface area contributed by atoms with Crippen LogP contribution in [0.2, 0.25) is 0 Å². The molecule has 2 aromatic carbocycles. The molecule has 2 heterocycles. The molecule has 1 atom stereocenters. The monoisotopic (exact) mass is 471 g/mol. The molecule has 4 rings (SSSR count). The Kier molecular flexibility index (Phi) is 11.3. The molecule has 3 aromatic rings. The van der Waals surface area contributed by atoms with Crippen molar-refractivity contribution in [1.82, 2.24) is 15.2 Å². The highest BCUT2D eigenvalue weighted by Gasteiger charge is 2.16. The first-order valence-electron chi connectivity index (χ1n) is 12.3. The molecule has 1 unspecified atom stereocenters. The molecule has 1 aliphatic rings. The normalized spacial score (nSPS) is 16.7. The Labute approximate surface area is 210 Å². The third-order valence-electron chi connectivity index (χ3n) is 6.20. The molecular formula is C30H37N3O2. The first kappa shape index (κ1) is 26.4. The summed E-state index contributed by atoms with van der Waals surface area (Å²) in [6.45, 7) is 5.30. The van der Waals surface area contributed by atoms with E-state index >= 15 is 0 Å². The summed E-state index contributed by atoms with van der Waals surface area (Å²) in [7, 11) is 2.73. The second kappa shape index (κ2) is 15.0. The fourth-order valence-corrected chi connectivity index (χ4v) is 4.31. The third kappa shape index (κ3) is 8.84. The van der Waals surface area contributed by atoms with Crippen LogP contribution in [0, 0.1) is 11.8 Å². The average molecular weight is 472 g/mol. The Morgan fingerprint density at radius 3 is 2.60 bits per heavy atom. The number of pyridine rings is 1. The maximum atomic E-state index is 7.00. The van der Waals surface area contributed by atoms with Gasteiger partial charge in [0.15, 0.2) is 0 Å². The van der Waals surface area contributed by atoms with Gasteiger partial charge in [-0.25, -0.2) is 0 Å². The number of rotatable bonds is 4. The summed E-state index contributed by atoms with van der Waals surface area (Å²) >= 11 is 0. The lowest BCUT2D eigenvalue weighted by Crippen LogP contribution is -2.32. The van der Waals surface area contributed by atoms with Crippen LogP contribution in [-0.2, 0) is 6.54 Å². The number of benzene rings is 2. The van der Waals surface area contributed by atoms with E-state index in [-0.39, 0.29) is 0 Å². The molecule has 1 fully saturated rings. The molecule has 0 radical (unpaired) electrons. The van der Waals surface area contributed by atoms with Crippen LogP contribution in [0.1, 0.15) is 47.4 Å². The molecule has 0 spiro atoms. The second-order valence-electron chi connectivity index (χ2n) is 8.64. The standard InChI is InChI=1S/C29H33N3O.CH4O/c1-33-29-8-4-6-26(20-29)23-32-18-3-2-16-31-22-28(15-19-32)27-13-11-24(12-14-27)9-10-25-7-5-17-30-21-25;1-2/h4-8,11-14,17,20-21,28,31H,2-3,15-16,18-19,22-23H2,1H3;2H,1H3. The Hall–Kier alpha value is -3.17. The van der Waals surface area contributed by atoms with E-state index in [0.717, 1.165) is 63.1 Å². The molecular weight excluding hydrogens is 434 g/mol. The molecule has 35 heavy (non-hydrogen) atoms. The van der Waals surface area contributed by atoms with E-state index in [9.17, 15) is 0 Å². The van der Waals surface area contributed by atoms with Gasteiger partial charge in [-0.3, -0.25) is 9.88 Å². The quantitative estimate of drug-likeness (QED) is 0.551. The van der Waals surface area contributed by atoms with Crippen LogP contribution in [0.4, 0.5) is 0 Å². The number of aliphatic hydroxyl groups is 1. The molecule has 1 aromatic heterocycles. The molecule has 1 saturated heterocycles. The Morgan fingerprint density at radius 1 is 1.00 bits per heavy atom. The zero-order chi connectivity index (χ0) is 24.7. The van der Waals surface area contributed by atoms with Gasteiger partial charge in [-0.05, 0) is 92.3 Å². The molecule has 0 aliphatic carbocycles. The minimum Gasteiger partial charge on any atom is -0.497 e. The fraction of sp³-hybridized carbons (Fsp3) is 0.367. The number of aromatic nitrogens is 1. The minimum absolute atomic E-state index is 0.497. The summed E-state index contributed by atoms with van der Waals surface area (Å²) < 4.78 is 5.41. The summed E-state index contributed by atoms with van der Waals surface area (Å²) in [4.78, 5) is 6.72. The largest absolute Gasteiger partial charge is 0.497 e. The first-order chi connectivity index (χ1) is 17.3. The van der Waals surface area contributed by atoms with Gasteiger partial charge in [0, 0.05) is 43.7 Å². The van der Waals surface area contributed by atoms with E-state index in [4.69, 9.17) is 9.84 Å². The molecule has 0 amide bonds. The lowest BCUT2D eigenvalue weighted by Gasteiger charge is -2.27. The number of ether oxygens (including phenoxy) is 1. The number of nitrogens with zero attached hydrogens (tertiary/aromatic N) is 2. The summed E-state index contributed by atoms with van der Waals surface area (Å²) in [5, 5.41) is 10.7. The van der Waals surface area contributed by atoms with Crippen molar-refractivity contribution in [2.24, 2.45) is 0 Å². The summed E-state index contributed by atoms with van der Waals surface area (Å²) in [5.41, 5.74) is 4.68. The maximum absolute atomic E-state index is 7.00. The highest BCUT2D eigenvalue weighted by molar-refractivity contribution is 5.42. The smallest absolute Gasteiger partial charge is 0.119 e. The van der Waals surface area contributed by atoms with Crippen molar-refractivity contribution in [3.63, 3.8) is 0 Å². The van der Waals surface area contributed by atoms with Gasteiger partial charge in [0.05, 0.1) is 7.11 Å². The number of aliphatic hydroxyl groups excluding tert-OH is 1. The molecule has 1 aliphatic heterocycles. The SMILES string of the molecule is CO.COc1cccc(CN2CCCCNCC(c3ccc(C#Cc4cccnc4)cc3)CC2)c1. The van der Waals surface area contributed by atoms with Crippen LogP contribution in [0.5, 0.6) is 5.75 Å². The number of methoxy groups -OCH3 is 1. The minimum atomic E-state index is 0.497. The van der Waals surface area contributed by atoms with Crippen LogP contribution in [-0.4, -0.2) is 55.4 Å². The Balaban J connectivity index is 0.00000167. The van der Waals surface area contributed by atoms with Gasteiger partial charge >= 0.3 is 0 Å². The highest BCUT2D eigenvalue weighted by atomic mass is 16.5. The highest BCUT2D eigenvalue weighted by Crippen LogP contribution is 2.22. The van der Waals surface area contributed by atoms with Crippen LogP contribution in [0.25, 0.3) is 0 Å². The van der Waals surface area contributed by atoms with Crippen molar-refractivity contribution in [2.45, 2.75) is 31.7 Å². The van der Waals surface area contributed by atoms with E-state index in [1.807, 2.05) is 18.2 Å². The molecule has 5 heteroatoms. The topological polar surface area (TPSA) is 57.6 Å². The van der Waals surface area contributed by atoms with Crippen molar-refractivity contribution in [2.75, 3.05) is 40.4 Å². The van der Waals surface area contributed by atoms with E-state index in [1.54, 1.807) is 19.5 Å². The second-order valence-corrected chi connectivity index (χ2v) is 8.64. The van der Waals surface area contributed by atoms with Gasteiger partial charge in [0.2, 0.25) is 0 Å². The number of hydrogen-bond acceptors (Lipinski definition) is 5. The van der Waals surface area contributed by atoms with Crippen molar-refractivity contribution in [1.29, 1.82) is 0 Å². The fourth-order valence-electron chi connectivity index (χ4n) is 4.31. The van der Waals surface area contributed by atoms with Gasteiger partial charge in [0.1, 0.15) is 5.75 Å². The van der Waals surface area contributed by atoms with E-state index in [0.29, 0.717) is 5.92 Å². The molecule has 5 nitrogen and oxygen atoms in total. The van der Waals surface area contributed by atoms with Crippen LogP contribution >= 0.6 is 0 Å². The Bertz CT molecular complexity index is 1060. The van der Waals surface area contributed by atoms with E-state index < -0.39 is 0 Å². The summed E-state index contributed by atoms with van der Waals surface area (Å²) in [5.74, 6) is 7.87. The van der Waals surface area contributed by atoms with Gasteiger partial charge in [-0.2, -0.15) is 0 Å². The van der Waals surface area contributed by atoms with Gasteiger partial charge in [-0.15, -0.1) is 0 Å². The van der Waals surface area contributed by atoms with E-state index in [1.165, 1.54) is 24.0 Å². The van der Waals surface area contributed by atoms with Gasteiger partial charge < -0.3 is 15.2 Å². The number of hydrogen-bond donors (Lipinski definition) is 2. The Morgan fingerprint density at radius 2 is 1.83 bits per heavy atom. The van der Waals surface area contributed by atoms with Crippen LogP contribution in [0.3, 0.4) is 0 Å². The maximum Gasteiger partial charge on any atom is 0.119 e.